The van der Waals surface area contributed by atoms with Crippen LogP contribution in [-0.2, 0) is 17.6 Å². The fraction of sp³-hybridized carbons (Fsp3) is 0.304. The van der Waals surface area contributed by atoms with Gasteiger partial charge in [0.1, 0.15) is 17.6 Å². The number of hydrogen-bond acceptors (Lipinski definition) is 4. The number of methoxy groups -OCH3 is 1. The fourth-order valence-electron chi connectivity index (χ4n) is 3.74. The minimum atomic E-state index is -0.105. The summed E-state index contributed by atoms with van der Waals surface area (Å²) >= 11 is 5.95. The van der Waals surface area contributed by atoms with Crippen molar-refractivity contribution in [2.45, 2.75) is 31.7 Å². The summed E-state index contributed by atoms with van der Waals surface area (Å²) in [5.74, 6) is 2.24. The van der Waals surface area contributed by atoms with Crippen molar-refractivity contribution >= 4 is 17.5 Å². The van der Waals surface area contributed by atoms with E-state index in [9.17, 15) is 4.79 Å². The molecule has 0 radical (unpaired) electrons. The maximum Gasteiger partial charge on any atom is 0.227 e. The van der Waals surface area contributed by atoms with Gasteiger partial charge in [-0.25, -0.2) is 4.98 Å². The third kappa shape index (κ3) is 4.62. The van der Waals surface area contributed by atoms with E-state index < -0.39 is 0 Å². The third-order valence-electron chi connectivity index (χ3n) is 5.21. The van der Waals surface area contributed by atoms with Gasteiger partial charge in [-0.3, -0.25) is 4.79 Å². The first-order chi connectivity index (χ1) is 14.1. The van der Waals surface area contributed by atoms with E-state index in [-0.39, 0.29) is 11.9 Å². The summed E-state index contributed by atoms with van der Waals surface area (Å²) in [5, 5.41) is 0.711. The lowest BCUT2D eigenvalue weighted by atomic mass is 10.1. The second-order valence-corrected chi connectivity index (χ2v) is 7.68. The Kier molecular flexibility index (Phi) is 5.86. The topological polar surface area (TPSA) is 55.6 Å². The molecule has 1 aliphatic heterocycles. The third-order valence-corrected chi connectivity index (χ3v) is 5.46. The number of rotatable bonds is 6. The van der Waals surface area contributed by atoms with E-state index >= 15 is 0 Å². The van der Waals surface area contributed by atoms with Crippen LogP contribution in [0.5, 0.6) is 5.75 Å². The Labute approximate surface area is 175 Å². The summed E-state index contributed by atoms with van der Waals surface area (Å²) in [6.45, 7) is 0.725. The molecule has 6 heteroatoms. The second kappa shape index (κ2) is 8.70. The number of hydrogen-bond donors (Lipinski definition) is 0. The molecule has 3 aromatic rings. The summed E-state index contributed by atoms with van der Waals surface area (Å²) < 4.78 is 11.3. The van der Waals surface area contributed by atoms with E-state index in [0.29, 0.717) is 23.8 Å². The molecule has 1 amide bonds. The highest BCUT2D eigenvalue weighted by Gasteiger charge is 2.33. The monoisotopic (exact) mass is 410 g/mol. The van der Waals surface area contributed by atoms with Crippen LogP contribution in [0.1, 0.15) is 41.7 Å². The SMILES string of the molecule is COc1cccc(CC(=O)N2CCC[C@@H]2c2ncc(Cc3ccc(Cl)cc3)o2)c1. The van der Waals surface area contributed by atoms with Crippen molar-refractivity contribution in [1.82, 2.24) is 9.88 Å². The lowest BCUT2D eigenvalue weighted by molar-refractivity contribution is -0.131. The minimum absolute atomic E-state index is 0.0817. The van der Waals surface area contributed by atoms with Gasteiger partial charge in [0.15, 0.2) is 0 Å². The predicted octanol–water partition coefficient (Wildman–Crippen LogP) is 4.83. The number of carbonyl (C=O) groups is 1. The van der Waals surface area contributed by atoms with E-state index in [1.165, 1.54) is 0 Å². The number of aromatic nitrogens is 1. The second-order valence-electron chi connectivity index (χ2n) is 7.24. The molecule has 0 aliphatic carbocycles. The Balaban J connectivity index is 1.44. The van der Waals surface area contributed by atoms with Gasteiger partial charge in [-0.15, -0.1) is 0 Å². The molecule has 2 aromatic carbocycles. The summed E-state index contributed by atoms with van der Waals surface area (Å²) in [5.41, 5.74) is 2.05. The Hall–Kier alpha value is -2.79. The van der Waals surface area contributed by atoms with E-state index in [0.717, 1.165) is 42.0 Å². The van der Waals surface area contributed by atoms with Crippen molar-refractivity contribution in [1.29, 1.82) is 0 Å². The number of carbonyl (C=O) groups excluding carboxylic acids is 1. The molecular formula is C23H23ClN2O3. The van der Waals surface area contributed by atoms with Crippen molar-refractivity contribution in [3.05, 3.63) is 82.5 Å². The maximum atomic E-state index is 12.9. The van der Waals surface area contributed by atoms with Crippen LogP contribution in [0.15, 0.2) is 59.1 Å². The Morgan fingerprint density at radius 1 is 1.24 bits per heavy atom. The number of halogens is 1. The van der Waals surface area contributed by atoms with Gasteiger partial charge >= 0.3 is 0 Å². The van der Waals surface area contributed by atoms with E-state index in [1.54, 1.807) is 13.3 Å². The van der Waals surface area contributed by atoms with Crippen LogP contribution in [0.2, 0.25) is 5.02 Å². The number of likely N-dealkylation sites (tertiary alicyclic amines) is 1. The van der Waals surface area contributed by atoms with E-state index in [4.69, 9.17) is 20.8 Å². The van der Waals surface area contributed by atoms with Crippen LogP contribution in [-0.4, -0.2) is 29.4 Å². The molecule has 4 rings (SSSR count). The van der Waals surface area contributed by atoms with Crippen molar-refractivity contribution in [2.75, 3.05) is 13.7 Å². The summed E-state index contributed by atoms with van der Waals surface area (Å²) in [7, 11) is 1.63. The van der Waals surface area contributed by atoms with Gasteiger partial charge < -0.3 is 14.1 Å². The zero-order valence-corrected chi connectivity index (χ0v) is 17.1. The van der Waals surface area contributed by atoms with Crippen molar-refractivity contribution < 1.29 is 13.9 Å². The molecule has 0 spiro atoms. The number of nitrogens with zero attached hydrogens (tertiary/aromatic N) is 2. The van der Waals surface area contributed by atoms with Crippen LogP contribution >= 0.6 is 11.6 Å². The van der Waals surface area contributed by atoms with Gasteiger partial charge in [-0.2, -0.15) is 0 Å². The van der Waals surface area contributed by atoms with Gasteiger partial charge in [0.05, 0.1) is 19.7 Å². The molecule has 2 heterocycles. The molecule has 29 heavy (non-hydrogen) atoms. The molecule has 150 valence electrons. The zero-order chi connectivity index (χ0) is 20.2. The molecule has 1 fully saturated rings. The summed E-state index contributed by atoms with van der Waals surface area (Å²) in [6, 6.07) is 15.2. The lowest BCUT2D eigenvalue weighted by Gasteiger charge is -2.22. The maximum absolute atomic E-state index is 12.9. The number of ether oxygens (including phenoxy) is 1. The van der Waals surface area contributed by atoms with Gasteiger partial charge in [-0.05, 0) is 48.2 Å². The molecule has 0 saturated carbocycles. The average Bonchev–Trinajstić information content (AvgIpc) is 3.39. The first-order valence-electron chi connectivity index (χ1n) is 9.74. The molecule has 0 bridgehead atoms. The largest absolute Gasteiger partial charge is 0.497 e. The van der Waals surface area contributed by atoms with Gasteiger partial charge in [-0.1, -0.05) is 35.9 Å². The highest BCUT2D eigenvalue weighted by molar-refractivity contribution is 6.30. The Morgan fingerprint density at radius 3 is 2.86 bits per heavy atom. The molecule has 0 N–H and O–H groups in total. The number of benzene rings is 2. The Morgan fingerprint density at radius 2 is 2.07 bits per heavy atom. The smallest absolute Gasteiger partial charge is 0.227 e. The highest BCUT2D eigenvalue weighted by Crippen LogP contribution is 2.32. The van der Waals surface area contributed by atoms with E-state index in [1.807, 2.05) is 53.4 Å². The zero-order valence-electron chi connectivity index (χ0n) is 16.3. The fourth-order valence-corrected chi connectivity index (χ4v) is 3.87. The first kappa shape index (κ1) is 19.5. The van der Waals surface area contributed by atoms with Crippen LogP contribution in [0.3, 0.4) is 0 Å². The standard InChI is InChI=1S/C23H23ClN2O3/c1-28-19-5-2-4-17(13-19)14-22(27)26-11-3-6-21(26)23-25-15-20(29-23)12-16-7-9-18(24)10-8-16/h2,4-5,7-10,13,15,21H,3,6,11-12,14H2,1H3/t21-/m1/s1. The molecular weight excluding hydrogens is 388 g/mol. The molecule has 1 aromatic heterocycles. The molecule has 0 unspecified atom stereocenters. The van der Waals surface area contributed by atoms with Crippen LogP contribution in [0, 0.1) is 0 Å². The van der Waals surface area contributed by atoms with Gasteiger partial charge in [0, 0.05) is 18.0 Å². The van der Waals surface area contributed by atoms with Gasteiger partial charge in [0.2, 0.25) is 11.8 Å². The molecule has 1 saturated heterocycles. The Bertz CT molecular complexity index is 984. The normalized spacial score (nSPS) is 16.2. The summed E-state index contributed by atoms with van der Waals surface area (Å²) in [4.78, 5) is 19.3. The van der Waals surface area contributed by atoms with E-state index in [2.05, 4.69) is 4.98 Å². The molecule has 1 atom stereocenters. The van der Waals surface area contributed by atoms with Crippen molar-refractivity contribution in [3.63, 3.8) is 0 Å². The quantitative estimate of drug-likeness (QED) is 0.583. The van der Waals surface area contributed by atoms with Crippen LogP contribution in [0.25, 0.3) is 0 Å². The van der Waals surface area contributed by atoms with Gasteiger partial charge in [0.25, 0.3) is 0 Å². The van der Waals surface area contributed by atoms with Crippen molar-refractivity contribution in [2.24, 2.45) is 0 Å². The van der Waals surface area contributed by atoms with Crippen LogP contribution < -0.4 is 4.74 Å². The first-order valence-corrected chi connectivity index (χ1v) is 10.1. The molecule has 5 nitrogen and oxygen atoms in total. The minimum Gasteiger partial charge on any atom is -0.497 e. The predicted molar refractivity (Wildman–Crippen MR) is 111 cm³/mol. The highest BCUT2D eigenvalue weighted by atomic mass is 35.5. The van der Waals surface area contributed by atoms with Crippen LogP contribution in [0.4, 0.5) is 0 Å². The summed E-state index contributed by atoms with van der Waals surface area (Å²) in [6.07, 6.45) is 4.56. The number of oxazole rings is 1. The lowest BCUT2D eigenvalue weighted by Crippen LogP contribution is -2.32. The van der Waals surface area contributed by atoms with Crippen molar-refractivity contribution in [3.8, 4) is 5.75 Å². The average molecular weight is 411 g/mol. The molecule has 1 aliphatic rings. The number of amides is 1.